The summed E-state index contributed by atoms with van der Waals surface area (Å²) in [7, 11) is 0. The fraction of sp³-hybridized carbons (Fsp3) is 0.476. The minimum absolute atomic E-state index is 0.00506. The standard InChI is InChI=1S/C21H30N4O3S/c1-14(2)10-24(17(26)13-29-12-15(3)4)18-19(22)25(21(28)23-20(18)27)11-16-8-6-5-7-9-16/h5-9,14-15H,10-13,22H2,1-4H3,(H,23,27,28). The topological polar surface area (TPSA) is 101 Å². The third-order valence-electron chi connectivity index (χ3n) is 4.19. The highest BCUT2D eigenvalue weighted by molar-refractivity contribution is 7.99. The van der Waals surface area contributed by atoms with Crippen molar-refractivity contribution < 1.29 is 4.79 Å². The van der Waals surface area contributed by atoms with Gasteiger partial charge in [-0.1, -0.05) is 58.0 Å². The number of carbonyl (C=O) groups excluding carboxylic acids is 1. The largest absolute Gasteiger partial charge is 0.383 e. The van der Waals surface area contributed by atoms with Crippen molar-refractivity contribution >= 4 is 29.2 Å². The molecule has 0 saturated carbocycles. The van der Waals surface area contributed by atoms with Gasteiger partial charge in [-0.15, -0.1) is 0 Å². The summed E-state index contributed by atoms with van der Waals surface area (Å²) < 4.78 is 1.30. The van der Waals surface area contributed by atoms with Gasteiger partial charge in [-0.3, -0.25) is 19.1 Å². The Morgan fingerprint density at radius 1 is 1.14 bits per heavy atom. The van der Waals surface area contributed by atoms with Crippen molar-refractivity contribution in [2.75, 3.05) is 28.7 Å². The summed E-state index contributed by atoms with van der Waals surface area (Å²) in [5.41, 5.74) is 5.95. The molecule has 0 radical (unpaired) electrons. The first-order valence-electron chi connectivity index (χ1n) is 9.75. The van der Waals surface area contributed by atoms with Crippen LogP contribution in [0, 0.1) is 11.8 Å². The number of nitrogens with one attached hydrogen (secondary N) is 1. The van der Waals surface area contributed by atoms with Crippen LogP contribution in [0.1, 0.15) is 33.3 Å². The number of nitrogens with zero attached hydrogens (tertiary/aromatic N) is 2. The molecule has 8 heteroatoms. The van der Waals surface area contributed by atoms with Crippen molar-refractivity contribution in [1.29, 1.82) is 0 Å². The predicted octanol–water partition coefficient (Wildman–Crippen LogP) is 2.55. The van der Waals surface area contributed by atoms with Gasteiger partial charge >= 0.3 is 5.69 Å². The van der Waals surface area contributed by atoms with Crippen molar-refractivity contribution in [3.05, 3.63) is 56.7 Å². The van der Waals surface area contributed by atoms with Crippen molar-refractivity contribution in [2.45, 2.75) is 34.2 Å². The molecule has 0 aliphatic heterocycles. The second-order valence-electron chi connectivity index (χ2n) is 7.87. The van der Waals surface area contributed by atoms with E-state index in [0.29, 0.717) is 12.5 Å². The van der Waals surface area contributed by atoms with E-state index in [2.05, 4.69) is 18.8 Å². The maximum absolute atomic E-state index is 12.9. The number of hydrogen-bond donors (Lipinski definition) is 2. The van der Waals surface area contributed by atoms with Gasteiger partial charge in [-0.25, -0.2) is 4.79 Å². The molecule has 2 rings (SSSR count). The summed E-state index contributed by atoms with van der Waals surface area (Å²) in [4.78, 5) is 41.7. The highest BCUT2D eigenvalue weighted by Gasteiger charge is 2.25. The van der Waals surface area contributed by atoms with E-state index in [1.165, 1.54) is 21.2 Å². The molecular formula is C21H30N4O3S. The Bertz CT molecular complexity index is 935. The SMILES string of the molecule is CC(C)CSCC(=O)N(CC(C)C)c1c(N)n(Cc2ccccc2)c(=O)[nH]c1=O. The van der Waals surface area contributed by atoms with Gasteiger partial charge in [0.1, 0.15) is 5.82 Å². The maximum Gasteiger partial charge on any atom is 0.330 e. The van der Waals surface area contributed by atoms with Gasteiger partial charge in [0.15, 0.2) is 5.69 Å². The van der Waals surface area contributed by atoms with Gasteiger partial charge in [-0.05, 0) is 23.2 Å². The Hall–Kier alpha value is -2.48. The van der Waals surface area contributed by atoms with Crippen LogP contribution in [-0.4, -0.2) is 33.5 Å². The number of nitrogens with two attached hydrogens (primary N) is 1. The predicted molar refractivity (Wildman–Crippen MR) is 121 cm³/mol. The van der Waals surface area contributed by atoms with Gasteiger partial charge in [0.25, 0.3) is 5.56 Å². The molecule has 0 atom stereocenters. The normalized spacial score (nSPS) is 11.2. The molecule has 0 fully saturated rings. The average Bonchev–Trinajstić information content (AvgIpc) is 2.64. The van der Waals surface area contributed by atoms with Gasteiger partial charge in [-0.2, -0.15) is 11.8 Å². The molecule has 1 aromatic carbocycles. The third-order valence-corrected chi connectivity index (χ3v) is 5.55. The van der Waals surface area contributed by atoms with Gasteiger partial charge in [0, 0.05) is 6.54 Å². The number of thioether (sulfide) groups is 1. The summed E-state index contributed by atoms with van der Waals surface area (Å²) in [6, 6.07) is 9.35. The smallest absolute Gasteiger partial charge is 0.330 e. The number of carbonyl (C=O) groups is 1. The third kappa shape index (κ3) is 6.25. The highest BCUT2D eigenvalue weighted by atomic mass is 32.2. The summed E-state index contributed by atoms with van der Waals surface area (Å²) >= 11 is 1.53. The second-order valence-corrected chi connectivity index (χ2v) is 8.90. The number of aromatic nitrogens is 2. The van der Waals surface area contributed by atoms with Crippen LogP contribution in [0.15, 0.2) is 39.9 Å². The Balaban J connectivity index is 2.44. The molecule has 0 saturated heterocycles. The van der Waals surface area contributed by atoms with E-state index in [1.54, 1.807) is 0 Å². The van der Waals surface area contributed by atoms with E-state index < -0.39 is 11.2 Å². The molecule has 29 heavy (non-hydrogen) atoms. The number of H-pyrrole nitrogens is 1. The first-order valence-corrected chi connectivity index (χ1v) is 10.9. The Labute approximate surface area is 175 Å². The second kappa shape index (κ2) is 10.3. The number of hydrogen-bond acceptors (Lipinski definition) is 5. The molecule has 0 spiro atoms. The zero-order valence-electron chi connectivity index (χ0n) is 17.5. The van der Waals surface area contributed by atoms with Gasteiger partial charge < -0.3 is 10.6 Å². The first-order chi connectivity index (χ1) is 13.7. The molecule has 0 unspecified atom stereocenters. The van der Waals surface area contributed by atoms with E-state index in [1.807, 2.05) is 44.2 Å². The minimum atomic E-state index is -0.639. The van der Waals surface area contributed by atoms with Crippen LogP contribution >= 0.6 is 11.8 Å². The van der Waals surface area contributed by atoms with E-state index in [9.17, 15) is 14.4 Å². The Kier molecular flexibility index (Phi) is 8.13. The van der Waals surface area contributed by atoms with Crippen LogP contribution in [0.5, 0.6) is 0 Å². The minimum Gasteiger partial charge on any atom is -0.383 e. The summed E-state index contributed by atoms with van der Waals surface area (Å²) in [5.74, 6) is 1.51. The fourth-order valence-electron chi connectivity index (χ4n) is 2.90. The molecule has 0 aliphatic carbocycles. The van der Waals surface area contributed by atoms with Crippen LogP contribution in [0.4, 0.5) is 11.5 Å². The Morgan fingerprint density at radius 3 is 2.38 bits per heavy atom. The molecule has 7 nitrogen and oxygen atoms in total. The van der Waals surface area contributed by atoms with E-state index in [0.717, 1.165) is 11.3 Å². The summed E-state index contributed by atoms with van der Waals surface area (Å²) in [6.45, 7) is 8.66. The average molecular weight is 419 g/mol. The van der Waals surface area contributed by atoms with Crippen molar-refractivity contribution in [3.8, 4) is 0 Å². The van der Waals surface area contributed by atoms with Gasteiger partial charge in [0.2, 0.25) is 5.91 Å². The van der Waals surface area contributed by atoms with E-state index in [-0.39, 0.29) is 35.6 Å². The number of nitrogen functional groups attached to an aromatic ring is 1. The Morgan fingerprint density at radius 2 is 1.79 bits per heavy atom. The number of aromatic amines is 1. The fourth-order valence-corrected chi connectivity index (χ4v) is 3.82. The molecule has 0 aliphatic rings. The summed E-state index contributed by atoms with van der Waals surface area (Å²) in [5, 5.41) is 0. The van der Waals surface area contributed by atoms with E-state index >= 15 is 0 Å². The van der Waals surface area contributed by atoms with Crippen LogP contribution in [0.2, 0.25) is 0 Å². The number of rotatable bonds is 9. The molecule has 158 valence electrons. The van der Waals surface area contributed by atoms with Crippen LogP contribution in [0.3, 0.4) is 0 Å². The van der Waals surface area contributed by atoms with Crippen LogP contribution in [-0.2, 0) is 11.3 Å². The molecule has 1 aromatic heterocycles. The highest BCUT2D eigenvalue weighted by Crippen LogP contribution is 2.21. The maximum atomic E-state index is 12.9. The van der Waals surface area contributed by atoms with Crippen molar-refractivity contribution in [2.24, 2.45) is 11.8 Å². The molecule has 1 amide bonds. The molecule has 0 bridgehead atoms. The lowest BCUT2D eigenvalue weighted by Crippen LogP contribution is -2.43. The molecule has 1 heterocycles. The molecular weight excluding hydrogens is 388 g/mol. The number of anilines is 2. The zero-order chi connectivity index (χ0) is 21.6. The van der Waals surface area contributed by atoms with Gasteiger partial charge in [0.05, 0.1) is 12.3 Å². The van der Waals surface area contributed by atoms with Crippen molar-refractivity contribution in [3.63, 3.8) is 0 Å². The van der Waals surface area contributed by atoms with E-state index in [4.69, 9.17) is 5.73 Å². The monoisotopic (exact) mass is 418 g/mol. The zero-order valence-corrected chi connectivity index (χ0v) is 18.3. The van der Waals surface area contributed by atoms with Crippen molar-refractivity contribution in [1.82, 2.24) is 9.55 Å². The first kappa shape index (κ1) is 22.8. The quantitative estimate of drug-likeness (QED) is 0.652. The number of benzene rings is 1. The van der Waals surface area contributed by atoms with Crippen LogP contribution < -0.4 is 21.9 Å². The molecule has 2 aromatic rings. The molecule has 3 N–H and O–H groups in total. The van der Waals surface area contributed by atoms with Crippen LogP contribution in [0.25, 0.3) is 0 Å². The number of amides is 1. The lowest BCUT2D eigenvalue weighted by atomic mass is 10.2. The summed E-state index contributed by atoms with van der Waals surface area (Å²) in [6.07, 6.45) is 0. The lowest BCUT2D eigenvalue weighted by molar-refractivity contribution is -0.116. The lowest BCUT2D eigenvalue weighted by Gasteiger charge is -2.26.